The van der Waals surface area contributed by atoms with Crippen LogP contribution in [0.2, 0.25) is 0 Å². The Balaban J connectivity index is 1.61. The molecule has 12 heteroatoms. The first-order valence-corrected chi connectivity index (χ1v) is 17.1. The van der Waals surface area contributed by atoms with E-state index in [9.17, 15) is 23.1 Å². The fraction of sp³-hybridized carbons (Fsp3) is 0.400. The maximum Gasteiger partial charge on any atom is 0.407 e. The number of hydrogen-bond acceptors (Lipinski definition) is 7. The summed E-state index contributed by atoms with van der Waals surface area (Å²) in [4.78, 5) is 24.5. The van der Waals surface area contributed by atoms with Crippen LogP contribution in [-0.2, 0) is 26.0 Å². The SMILES string of the molecule is CCC[C@H](NC(=O)OCC1c2ccccc2-c2cccc(N(C(=N)N)S(=O)(=O)c3c(C)c(C)c4c(c3C)CCC(C)(C)O4)c21)C(=O)O. The number of carbonyl (C=O) groups excluding carboxylic acids is 1. The third-order valence-electron chi connectivity index (χ3n) is 9.21. The maximum atomic E-state index is 14.8. The van der Waals surface area contributed by atoms with Crippen molar-refractivity contribution in [3.8, 4) is 16.9 Å². The number of aliphatic carboxylic acids is 1. The van der Waals surface area contributed by atoms with E-state index in [1.54, 1.807) is 26.0 Å². The van der Waals surface area contributed by atoms with Crippen molar-refractivity contribution in [1.82, 2.24) is 5.32 Å². The number of guanidine groups is 1. The summed E-state index contributed by atoms with van der Waals surface area (Å²) in [5, 5.41) is 20.5. The van der Waals surface area contributed by atoms with E-state index < -0.39 is 40.0 Å². The van der Waals surface area contributed by atoms with Gasteiger partial charge in [0.1, 0.15) is 24.0 Å². The molecule has 0 aromatic heterocycles. The lowest BCUT2D eigenvalue weighted by atomic mass is 9.88. The first-order chi connectivity index (χ1) is 22.1. The lowest BCUT2D eigenvalue weighted by Crippen LogP contribution is -2.43. The minimum atomic E-state index is -4.45. The first-order valence-electron chi connectivity index (χ1n) is 15.7. The molecular weight excluding hydrogens is 620 g/mol. The molecule has 0 spiro atoms. The molecule has 0 bridgehead atoms. The van der Waals surface area contributed by atoms with Gasteiger partial charge in [-0.3, -0.25) is 5.41 Å². The van der Waals surface area contributed by atoms with Gasteiger partial charge in [-0.25, -0.2) is 22.3 Å². The van der Waals surface area contributed by atoms with Crippen molar-refractivity contribution in [1.29, 1.82) is 5.41 Å². The Hall–Kier alpha value is -4.58. The molecule has 11 nitrogen and oxygen atoms in total. The van der Waals surface area contributed by atoms with Crippen LogP contribution in [0.1, 0.15) is 79.3 Å². The average molecular weight is 663 g/mol. The van der Waals surface area contributed by atoms with Gasteiger partial charge in [-0.05, 0) is 104 Å². The van der Waals surface area contributed by atoms with Crippen LogP contribution in [0.15, 0.2) is 47.4 Å². The van der Waals surface area contributed by atoms with Gasteiger partial charge in [-0.15, -0.1) is 0 Å². The van der Waals surface area contributed by atoms with Crippen molar-refractivity contribution in [3.63, 3.8) is 0 Å². The van der Waals surface area contributed by atoms with E-state index in [-0.39, 0.29) is 29.2 Å². The second kappa shape index (κ2) is 12.6. The number of amides is 1. The molecule has 1 aliphatic carbocycles. The van der Waals surface area contributed by atoms with Gasteiger partial charge in [0.2, 0.25) is 5.96 Å². The van der Waals surface area contributed by atoms with Gasteiger partial charge < -0.3 is 25.6 Å². The standard InChI is InChI=1S/C35H42N4O7S/c1-7-11-27(32(40)41)38-34(42)45-18-26-24-13-9-8-12-23(24)25-14-10-15-28(29(25)26)39(33(36)37)47(43,44)31-20(3)19(2)30-22(21(31)4)16-17-35(5,6)46-30/h8-10,12-15,26-27H,7,11,16-18H2,1-6H3,(H3,36,37)(H,38,42)(H,40,41)/t26?,27-/m0/s1. The van der Waals surface area contributed by atoms with Gasteiger partial charge in [-0.1, -0.05) is 49.7 Å². The fourth-order valence-electron chi connectivity index (χ4n) is 6.81. The van der Waals surface area contributed by atoms with Crippen LogP contribution < -0.4 is 20.1 Å². The Morgan fingerprint density at radius 1 is 1.11 bits per heavy atom. The van der Waals surface area contributed by atoms with Crippen molar-refractivity contribution < 1.29 is 32.6 Å². The molecule has 5 N–H and O–H groups in total. The van der Waals surface area contributed by atoms with Crippen molar-refractivity contribution in [2.45, 2.75) is 89.7 Å². The van der Waals surface area contributed by atoms with Crippen molar-refractivity contribution in [2.24, 2.45) is 5.73 Å². The largest absolute Gasteiger partial charge is 0.487 e. The van der Waals surface area contributed by atoms with E-state index in [1.165, 1.54) is 0 Å². The Kier molecular flexibility index (Phi) is 9.02. The normalized spacial score (nSPS) is 16.6. The molecule has 1 aliphatic heterocycles. The van der Waals surface area contributed by atoms with E-state index in [1.807, 2.05) is 58.0 Å². The number of nitrogens with two attached hydrogens (primary N) is 1. The minimum Gasteiger partial charge on any atom is -0.487 e. The van der Waals surface area contributed by atoms with Gasteiger partial charge in [0, 0.05) is 5.92 Å². The van der Waals surface area contributed by atoms with Crippen LogP contribution in [0.3, 0.4) is 0 Å². The Bertz CT molecular complexity index is 1890. The molecule has 5 rings (SSSR count). The zero-order valence-corrected chi connectivity index (χ0v) is 28.4. The highest BCUT2D eigenvalue weighted by atomic mass is 32.2. The second-order valence-electron chi connectivity index (χ2n) is 12.8. The molecule has 0 fully saturated rings. The predicted octanol–water partition coefficient (Wildman–Crippen LogP) is 5.90. The van der Waals surface area contributed by atoms with E-state index in [4.69, 9.17) is 20.6 Å². The monoisotopic (exact) mass is 662 g/mol. The van der Waals surface area contributed by atoms with Gasteiger partial charge in [0.25, 0.3) is 10.0 Å². The highest BCUT2D eigenvalue weighted by Crippen LogP contribution is 2.50. The predicted molar refractivity (Wildman–Crippen MR) is 180 cm³/mol. The summed E-state index contributed by atoms with van der Waals surface area (Å²) in [6, 6.07) is 11.5. The van der Waals surface area contributed by atoms with Gasteiger partial charge in [-0.2, -0.15) is 0 Å². The number of benzene rings is 3. The molecular formula is C35H42N4O7S. The maximum absolute atomic E-state index is 14.8. The van der Waals surface area contributed by atoms with Gasteiger partial charge >= 0.3 is 12.1 Å². The van der Waals surface area contributed by atoms with E-state index >= 15 is 0 Å². The quantitative estimate of drug-likeness (QED) is 0.162. The van der Waals surface area contributed by atoms with Crippen LogP contribution in [0.5, 0.6) is 5.75 Å². The number of fused-ring (bicyclic) bond motifs is 4. The molecule has 47 heavy (non-hydrogen) atoms. The fourth-order valence-corrected chi connectivity index (χ4v) is 8.72. The summed E-state index contributed by atoms with van der Waals surface area (Å²) in [5.74, 6) is -1.79. The number of nitrogens with zero attached hydrogens (tertiary/aromatic N) is 1. The minimum absolute atomic E-state index is 0.0724. The van der Waals surface area contributed by atoms with Crippen LogP contribution in [-0.4, -0.2) is 49.8 Å². The number of alkyl carbamates (subject to hydrolysis) is 1. The molecule has 2 aliphatic rings. The van der Waals surface area contributed by atoms with Crippen LogP contribution in [0.25, 0.3) is 11.1 Å². The van der Waals surface area contributed by atoms with Crippen LogP contribution in [0, 0.1) is 26.2 Å². The highest BCUT2D eigenvalue weighted by molar-refractivity contribution is 7.93. The number of sulfonamides is 1. The molecule has 0 saturated heterocycles. The number of anilines is 1. The summed E-state index contributed by atoms with van der Waals surface area (Å²) in [6.07, 6.45) is 1.24. The second-order valence-corrected chi connectivity index (χ2v) is 14.6. The third-order valence-corrected chi connectivity index (χ3v) is 11.2. The molecule has 3 aromatic carbocycles. The number of rotatable bonds is 9. The molecule has 3 aromatic rings. The zero-order valence-electron chi connectivity index (χ0n) is 27.6. The average Bonchev–Trinajstić information content (AvgIpc) is 3.32. The van der Waals surface area contributed by atoms with Crippen molar-refractivity contribution in [2.75, 3.05) is 10.9 Å². The Morgan fingerprint density at radius 3 is 2.45 bits per heavy atom. The Labute approximate surface area is 275 Å². The van der Waals surface area contributed by atoms with E-state index in [2.05, 4.69) is 5.32 Å². The molecule has 0 radical (unpaired) electrons. The summed E-state index contributed by atoms with van der Waals surface area (Å²) in [7, 11) is -4.45. The number of nitrogens with one attached hydrogen (secondary N) is 2. The first kappa shape index (κ1) is 33.8. The van der Waals surface area contributed by atoms with Crippen LogP contribution in [0.4, 0.5) is 10.5 Å². The highest BCUT2D eigenvalue weighted by Gasteiger charge is 2.40. The van der Waals surface area contributed by atoms with E-state index in [0.717, 1.165) is 21.0 Å². The molecule has 1 amide bonds. The lowest BCUT2D eigenvalue weighted by Gasteiger charge is -2.36. The van der Waals surface area contributed by atoms with Crippen molar-refractivity contribution in [3.05, 3.63) is 75.8 Å². The topological polar surface area (TPSA) is 172 Å². The number of carboxylic acid groups (broad SMARTS) is 1. The molecule has 1 heterocycles. The molecule has 250 valence electrons. The smallest absolute Gasteiger partial charge is 0.407 e. The van der Waals surface area contributed by atoms with E-state index in [0.29, 0.717) is 52.8 Å². The number of carboxylic acids is 1. The lowest BCUT2D eigenvalue weighted by molar-refractivity contribution is -0.139. The van der Waals surface area contributed by atoms with Gasteiger partial charge in [0.05, 0.1) is 10.6 Å². The molecule has 0 saturated carbocycles. The summed E-state index contributed by atoms with van der Waals surface area (Å²) in [6.45, 7) is 11.0. The number of ether oxygens (including phenoxy) is 2. The van der Waals surface area contributed by atoms with Gasteiger partial charge in [0.15, 0.2) is 0 Å². The number of carbonyl (C=O) groups is 2. The summed E-state index contributed by atoms with van der Waals surface area (Å²) >= 11 is 0. The molecule has 2 atom stereocenters. The summed E-state index contributed by atoms with van der Waals surface area (Å²) in [5.41, 5.74) is 11.4. The summed E-state index contributed by atoms with van der Waals surface area (Å²) < 4.78 is 42.3. The number of hydrogen-bond donors (Lipinski definition) is 4. The Morgan fingerprint density at radius 2 is 1.79 bits per heavy atom. The third kappa shape index (κ3) is 6.02. The zero-order chi connectivity index (χ0) is 34.4. The van der Waals surface area contributed by atoms with Crippen molar-refractivity contribution >= 4 is 33.7 Å². The van der Waals surface area contributed by atoms with Crippen LogP contribution >= 0.6 is 0 Å². The molecule has 1 unspecified atom stereocenters.